The minimum Gasteiger partial charge on any atom is -0.492 e. The van der Waals surface area contributed by atoms with Crippen LogP contribution in [-0.4, -0.2) is 28.6 Å². The highest BCUT2D eigenvalue weighted by Gasteiger charge is 2.16. The second kappa shape index (κ2) is 7.79. The Morgan fingerprint density at radius 3 is 2.52 bits per heavy atom. The number of anilines is 1. The summed E-state index contributed by atoms with van der Waals surface area (Å²) in [5.41, 5.74) is 2.61. The number of pyridine rings is 1. The number of halogens is 2. The number of ether oxygens (including phenoxy) is 1. The van der Waals surface area contributed by atoms with Crippen molar-refractivity contribution >= 4 is 16.7 Å². The molecule has 0 saturated carbocycles. The van der Waals surface area contributed by atoms with Gasteiger partial charge in [0.2, 0.25) is 0 Å². The summed E-state index contributed by atoms with van der Waals surface area (Å²) in [6, 6.07) is 11.1. The molecule has 2 heterocycles. The van der Waals surface area contributed by atoms with Crippen LogP contribution < -0.4 is 10.1 Å². The molecule has 0 aliphatic carbocycles. The Labute approximate surface area is 166 Å². The molecule has 0 bridgehead atoms. The van der Waals surface area contributed by atoms with E-state index in [2.05, 4.69) is 20.3 Å². The molecule has 0 atom stereocenters. The molecular formula is C22H18F2N4O. The number of benzene rings is 2. The third kappa shape index (κ3) is 3.59. The van der Waals surface area contributed by atoms with E-state index >= 15 is 0 Å². The standard InChI is InChI=1S/C22H18F2N4O/c1-3-29-19-11-15(13-6-7-17(23)18(24)10-13)9-16-20(19)27-21(28-22(16)25-2)14-5-4-8-26-12-14/h4-12H,3H2,1-2H3,(H,25,27,28). The Balaban J connectivity index is 1.97. The first-order chi connectivity index (χ1) is 14.1. The van der Waals surface area contributed by atoms with Crippen LogP contribution >= 0.6 is 0 Å². The van der Waals surface area contributed by atoms with Crippen LogP contribution in [0.2, 0.25) is 0 Å². The van der Waals surface area contributed by atoms with Gasteiger partial charge in [-0.2, -0.15) is 0 Å². The highest BCUT2D eigenvalue weighted by Crippen LogP contribution is 2.36. The van der Waals surface area contributed by atoms with Crippen molar-refractivity contribution in [1.29, 1.82) is 0 Å². The number of rotatable bonds is 5. The molecule has 0 fully saturated rings. The minimum atomic E-state index is -0.905. The average molecular weight is 392 g/mol. The molecule has 5 nitrogen and oxygen atoms in total. The van der Waals surface area contributed by atoms with E-state index in [1.807, 2.05) is 25.1 Å². The number of nitrogens with zero attached hydrogens (tertiary/aromatic N) is 3. The van der Waals surface area contributed by atoms with Crippen molar-refractivity contribution in [2.24, 2.45) is 0 Å². The molecule has 2 aromatic heterocycles. The van der Waals surface area contributed by atoms with Crippen LogP contribution in [0.1, 0.15) is 6.92 Å². The maximum absolute atomic E-state index is 13.8. The SMILES string of the molecule is CCOc1cc(-c2ccc(F)c(F)c2)cc2c(NC)nc(-c3cccnc3)nc12. The van der Waals surface area contributed by atoms with E-state index in [4.69, 9.17) is 4.74 Å². The Morgan fingerprint density at radius 2 is 1.83 bits per heavy atom. The molecule has 4 aromatic rings. The summed E-state index contributed by atoms with van der Waals surface area (Å²) in [7, 11) is 1.76. The molecule has 0 saturated heterocycles. The van der Waals surface area contributed by atoms with E-state index in [1.54, 1.807) is 25.5 Å². The first kappa shape index (κ1) is 18.7. The zero-order chi connectivity index (χ0) is 20.4. The quantitative estimate of drug-likeness (QED) is 0.513. The van der Waals surface area contributed by atoms with Gasteiger partial charge in [-0.1, -0.05) is 6.07 Å². The van der Waals surface area contributed by atoms with E-state index in [0.29, 0.717) is 46.0 Å². The fourth-order valence-electron chi connectivity index (χ4n) is 3.12. The van der Waals surface area contributed by atoms with Crippen LogP contribution in [0.4, 0.5) is 14.6 Å². The van der Waals surface area contributed by atoms with Crippen molar-refractivity contribution < 1.29 is 13.5 Å². The van der Waals surface area contributed by atoms with Crippen molar-refractivity contribution in [3.63, 3.8) is 0 Å². The number of hydrogen-bond acceptors (Lipinski definition) is 5. The predicted octanol–water partition coefficient (Wildman–Crippen LogP) is 5.08. The lowest BCUT2D eigenvalue weighted by molar-refractivity contribution is 0.344. The Kier molecular flexibility index (Phi) is 5.03. The van der Waals surface area contributed by atoms with Crippen molar-refractivity contribution in [2.75, 3.05) is 19.0 Å². The van der Waals surface area contributed by atoms with E-state index in [-0.39, 0.29) is 0 Å². The number of fused-ring (bicyclic) bond motifs is 1. The molecule has 0 unspecified atom stereocenters. The maximum atomic E-state index is 13.8. The average Bonchev–Trinajstić information content (AvgIpc) is 2.75. The van der Waals surface area contributed by atoms with Crippen LogP contribution in [0.15, 0.2) is 54.9 Å². The molecule has 146 valence electrons. The summed E-state index contributed by atoms with van der Waals surface area (Å²) < 4.78 is 32.9. The van der Waals surface area contributed by atoms with Gasteiger partial charge in [0.1, 0.15) is 17.1 Å². The van der Waals surface area contributed by atoms with Crippen molar-refractivity contribution in [2.45, 2.75) is 6.92 Å². The molecule has 0 spiro atoms. The summed E-state index contributed by atoms with van der Waals surface area (Å²) in [6.07, 6.45) is 3.37. The van der Waals surface area contributed by atoms with Crippen LogP contribution in [0, 0.1) is 11.6 Å². The van der Waals surface area contributed by atoms with Gasteiger partial charge in [-0.3, -0.25) is 4.98 Å². The van der Waals surface area contributed by atoms with Gasteiger partial charge in [0, 0.05) is 30.4 Å². The third-order valence-corrected chi connectivity index (χ3v) is 4.47. The predicted molar refractivity (Wildman–Crippen MR) is 109 cm³/mol. The largest absolute Gasteiger partial charge is 0.492 e. The summed E-state index contributed by atoms with van der Waals surface area (Å²) in [5, 5.41) is 3.80. The number of hydrogen-bond donors (Lipinski definition) is 1. The molecular weight excluding hydrogens is 374 g/mol. The monoisotopic (exact) mass is 392 g/mol. The molecule has 0 amide bonds. The molecule has 7 heteroatoms. The van der Waals surface area contributed by atoms with Crippen molar-refractivity contribution in [3.05, 3.63) is 66.5 Å². The van der Waals surface area contributed by atoms with Crippen LogP contribution in [0.5, 0.6) is 5.75 Å². The van der Waals surface area contributed by atoms with Gasteiger partial charge in [-0.25, -0.2) is 18.7 Å². The van der Waals surface area contributed by atoms with E-state index in [0.717, 1.165) is 17.7 Å². The van der Waals surface area contributed by atoms with Gasteiger partial charge >= 0.3 is 0 Å². The van der Waals surface area contributed by atoms with Crippen molar-refractivity contribution in [3.8, 4) is 28.3 Å². The molecule has 2 aromatic carbocycles. The molecule has 0 radical (unpaired) electrons. The first-order valence-electron chi connectivity index (χ1n) is 9.13. The smallest absolute Gasteiger partial charge is 0.163 e. The van der Waals surface area contributed by atoms with Gasteiger partial charge < -0.3 is 10.1 Å². The lowest BCUT2D eigenvalue weighted by Gasteiger charge is -2.14. The van der Waals surface area contributed by atoms with Crippen LogP contribution in [-0.2, 0) is 0 Å². The van der Waals surface area contributed by atoms with E-state index in [9.17, 15) is 8.78 Å². The Morgan fingerprint density at radius 1 is 0.966 bits per heavy atom. The fraction of sp³-hybridized carbons (Fsp3) is 0.136. The molecule has 0 aliphatic heterocycles. The summed E-state index contributed by atoms with van der Waals surface area (Å²) in [6.45, 7) is 2.30. The summed E-state index contributed by atoms with van der Waals surface area (Å²) in [4.78, 5) is 13.4. The maximum Gasteiger partial charge on any atom is 0.163 e. The zero-order valence-corrected chi connectivity index (χ0v) is 15.9. The molecule has 1 N–H and O–H groups in total. The number of aromatic nitrogens is 3. The second-order valence-corrected chi connectivity index (χ2v) is 6.32. The highest BCUT2D eigenvalue weighted by molar-refractivity contribution is 5.97. The lowest BCUT2D eigenvalue weighted by atomic mass is 10.0. The normalized spacial score (nSPS) is 10.9. The molecule has 4 rings (SSSR count). The Hall–Kier alpha value is -3.61. The van der Waals surface area contributed by atoms with Gasteiger partial charge in [0.05, 0.1) is 6.61 Å². The van der Waals surface area contributed by atoms with Gasteiger partial charge in [0.15, 0.2) is 17.5 Å². The topological polar surface area (TPSA) is 59.9 Å². The minimum absolute atomic E-state index is 0.428. The van der Waals surface area contributed by atoms with E-state index in [1.165, 1.54) is 6.07 Å². The first-order valence-corrected chi connectivity index (χ1v) is 9.13. The van der Waals surface area contributed by atoms with Crippen molar-refractivity contribution in [1.82, 2.24) is 15.0 Å². The third-order valence-electron chi connectivity index (χ3n) is 4.47. The van der Waals surface area contributed by atoms with E-state index < -0.39 is 11.6 Å². The molecule has 0 aliphatic rings. The molecule has 29 heavy (non-hydrogen) atoms. The Bertz CT molecular complexity index is 1180. The van der Waals surface area contributed by atoms with Gasteiger partial charge in [0.25, 0.3) is 0 Å². The summed E-state index contributed by atoms with van der Waals surface area (Å²) in [5.74, 6) is -0.151. The fourth-order valence-corrected chi connectivity index (χ4v) is 3.12. The van der Waals surface area contributed by atoms with Crippen LogP contribution in [0.3, 0.4) is 0 Å². The zero-order valence-electron chi connectivity index (χ0n) is 15.9. The number of nitrogens with one attached hydrogen (secondary N) is 1. The lowest BCUT2D eigenvalue weighted by Crippen LogP contribution is -2.02. The van der Waals surface area contributed by atoms with Gasteiger partial charge in [-0.15, -0.1) is 0 Å². The van der Waals surface area contributed by atoms with Crippen LogP contribution in [0.25, 0.3) is 33.4 Å². The summed E-state index contributed by atoms with van der Waals surface area (Å²) >= 11 is 0. The highest BCUT2D eigenvalue weighted by atomic mass is 19.2. The second-order valence-electron chi connectivity index (χ2n) is 6.32. The van der Waals surface area contributed by atoms with Gasteiger partial charge in [-0.05, 0) is 54.4 Å².